The minimum Gasteiger partial charge on any atom is -0.381 e. The summed E-state index contributed by atoms with van der Waals surface area (Å²) in [5.74, 6) is 0.798. The van der Waals surface area contributed by atoms with E-state index in [1.807, 2.05) is 5.38 Å². The first-order valence-electron chi connectivity index (χ1n) is 8.98. The molecule has 0 spiro atoms. The van der Waals surface area contributed by atoms with Crippen molar-refractivity contribution in [3.63, 3.8) is 0 Å². The number of rotatable bonds is 5. The Hall–Kier alpha value is -2.52. The van der Waals surface area contributed by atoms with Gasteiger partial charge in [0.25, 0.3) is 5.91 Å². The van der Waals surface area contributed by atoms with Gasteiger partial charge in [-0.25, -0.2) is 9.97 Å². The third kappa shape index (κ3) is 4.09. The molecule has 2 aliphatic rings. The van der Waals surface area contributed by atoms with E-state index in [0.29, 0.717) is 36.1 Å². The fourth-order valence-electron chi connectivity index (χ4n) is 3.29. The van der Waals surface area contributed by atoms with Crippen LogP contribution in [0, 0.1) is 5.92 Å². The van der Waals surface area contributed by atoms with Gasteiger partial charge in [-0.2, -0.15) is 0 Å². The predicted octanol–water partition coefficient (Wildman–Crippen LogP) is 1.65. The Kier molecular flexibility index (Phi) is 5.30. The molecule has 142 valence electrons. The number of nitrogens with zero attached hydrogens (tertiary/aromatic N) is 3. The van der Waals surface area contributed by atoms with Crippen molar-refractivity contribution in [3.8, 4) is 0 Å². The first kappa shape index (κ1) is 17.9. The minimum atomic E-state index is -0.234. The lowest BCUT2D eigenvalue weighted by Gasteiger charge is -2.33. The second kappa shape index (κ2) is 8.01. The van der Waals surface area contributed by atoms with Crippen molar-refractivity contribution in [1.29, 1.82) is 0 Å². The lowest BCUT2D eigenvalue weighted by molar-refractivity contribution is -0.117. The van der Waals surface area contributed by atoms with Crippen LogP contribution >= 0.6 is 11.3 Å². The molecule has 2 aromatic rings. The normalized spacial score (nSPS) is 17.3. The van der Waals surface area contributed by atoms with Crippen molar-refractivity contribution in [1.82, 2.24) is 15.3 Å². The van der Waals surface area contributed by atoms with E-state index in [-0.39, 0.29) is 18.4 Å². The van der Waals surface area contributed by atoms with E-state index >= 15 is 0 Å². The summed E-state index contributed by atoms with van der Waals surface area (Å²) in [4.78, 5) is 35.2. The average molecular weight is 387 g/mol. The van der Waals surface area contributed by atoms with Gasteiger partial charge in [-0.15, -0.1) is 11.3 Å². The molecule has 0 atom stereocenters. The van der Waals surface area contributed by atoms with Gasteiger partial charge in [0.05, 0.1) is 35.5 Å². The number of carbonyl (C=O) groups excluding carboxylic acids is 2. The lowest BCUT2D eigenvalue weighted by Crippen LogP contribution is -2.44. The van der Waals surface area contributed by atoms with Gasteiger partial charge >= 0.3 is 0 Å². The fourth-order valence-corrected chi connectivity index (χ4v) is 3.85. The second-order valence-electron chi connectivity index (χ2n) is 6.67. The number of ether oxygens (including phenoxy) is 1. The maximum absolute atomic E-state index is 12.5. The van der Waals surface area contributed by atoms with Crippen molar-refractivity contribution < 1.29 is 14.3 Å². The van der Waals surface area contributed by atoms with Crippen LogP contribution in [0.4, 0.5) is 11.5 Å². The van der Waals surface area contributed by atoms with Crippen LogP contribution in [-0.4, -0.2) is 48.1 Å². The summed E-state index contributed by atoms with van der Waals surface area (Å²) in [7, 11) is 0. The zero-order valence-corrected chi connectivity index (χ0v) is 15.6. The zero-order valence-electron chi connectivity index (χ0n) is 14.8. The number of hydrogen-bond acceptors (Lipinski definition) is 7. The summed E-state index contributed by atoms with van der Waals surface area (Å²) in [5.41, 5.74) is 3.64. The number of fused-ring (bicyclic) bond motifs is 1. The molecule has 0 saturated carbocycles. The van der Waals surface area contributed by atoms with Crippen LogP contribution in [0.5, 0.6) is 0 Å². The van der Waals surface area contributed by atoms with Crippen LogP contribution in [0.15, 0.2) is 23.2 Å². The molecular weight excluding hydrogens is 366 g/mol. The highest BCUT2D eigenvalue weighted by Crippen LogP contribution is 2.30. The number of carbonyl (C=O) groups is 2. The highest BCUT2D eigenvalue weighted by molar-refractivity contribution is 7.07. The van der Waals surface area contributed by atoms with Crippen LogP contribution in [0.2, 0.25) is 0 Å². The molecule has 0 bridgehead atoms. The van der Waals surface area contributed by atoms with Gasteiger partial charge in [0.15, 0.2) is 0 Å². The highest BCUT2D eigenvalue weighted by Gasteiger charge is 2.29. The molecular formula is C18H21N5O3S. The molecule has 1 fully saturated rings. The van der Waals surface area contributed by atoms with E-state index in [0.717, 1.165) is 31.7 Å². The molecule has 8 nitrogen and oxygen atoms in total. The summed E-state index contributed by atoms with van der Waals surface area (Å²) in [6.45, 7) is 2.67. The quantitative estimate of drug-likeness (QED) is 0.810. The second-order valence-corrected chi connectivity index (χ2v) is 7.39. The standard InChI is InChI=1S/C18H21N5O3S/c24-16-8-20-17-15(23(16)9-12-1-3-26-4-2-12)5-13(6-19-17)18(25)21-7-14-10-27-11-22-14/h5-6,10-12H,1-4,7-9H2,(H,19,20)(H,21,25). The van der Waals surface area contributed by atoms with Crippen LogP contribution in [0.25, 0.3) is 0 Å². The Morgan fingerprint density at radius 3 is 3.00 bits per heavy atom. The third-order valence-electron chi connectivity index (χ3n) is 4.82. The number of thiazole rings is 1. The van der Waals surface area contributed by atoms with Crippen molar-refractivity contribution in [2.45, 2.75) is 19.4 Å². The SMILES string of the molecule is O=C(NCc1cscn1)c1cnc2c(c1)N(CC1CCOCC1)C(=O)CN2. The molecule has 0 unspecified atom stereocenters. The molecule has 2 N–H and O–H groups in total. The predicted molar refractivity (Wildman–Crippen MR) is 102 cm³/mol. The molecule has 2 aliphatic heterocycles. The molecule has 0 aliphatic carbocycles. The van der Waals surface area contributed by atoms with E-state index in [4.69, 9.17) is 4.74 Å². The molecule has 2 amide bonds. The van der Waals surface area contributed by atoms with E-state index < -0.39 is 0 Å². The molecule has 9 heteroatoms. The van der Waals surface area contributed by atoms with E-state index in [1.165, 1.54) is 17.5 Å². The lowest BCUT2D eigenvalue weighted by atomic mass is 9.99. The molecule has 27 heavy (non-hydrogen) atoms. The van der Waals surface area contributed by atoms with Crippen molar-refractivity contribution in [2.75, 3.05) is 36.5 Å². The van der Waals surface area contributed by atoms with Gasteiger partial charge in [0.2, 0.25) is 5.91 Å². The Morgan fingerprint density at radius 1 is 1.37 bits per heavy atom. The van der Waals surface area contributed by atoms with Crippen LogP contribution < -0.4 is 15.5 Å². The third-order valence-corrected chi connectivity index (χ3v) is 5.46. The first-order valence-corrected chi connectivity index (χ1v) is 9.92. The summed E-state index contributed by atoms with van der Waals surface area (Å²) < 4.78 is 5.41. The number of aromatic nitrogens is 2. The molecule has 4 rings (SSSR count). The summed E-state index contributed by atoms with van der Waals surface area (Å²) in [6.07, 6.45) is 3.41. The van der Waals surface area contributed by atoms with Gasteiger partial charge in [-0.3, -0.25) is 9.59 Å². The Bertz CT molecular complexity index is 820. The Labute approximate surface area is 161 Å². The van der Waals surface area contributed by atoms with Crippen LogP contribution in [-0.2, 0) is 16.1 Å². The average Bonchev–Trinajstić information content (AvgIpc) is 3.22. The van der Waals surface area contributed by atoms with Crippen molar-refractivity contribution in [3.05, 3.63) is 34.4 Å². The Balaban J connectivity index is 1.51. The number of anilines is 2. The van der Waals surface area contributed by atoms with Crippen LogP contribution in [0.1, 0.15) is 28.9 Å². The van der Waals surface area contributed by atoms with Crippen molar-refractivity contribution >= 4 is 34.7 Å². The molecule has 0 aromatic carbocycles. The zero-order chi connectivity index (χ0) is 18.6. The maximum Gasteiger partial charge on any atom is 0.253 e. The molecule has 0 radical (unpaired) electrons. The molecule has 4 heterocycles. The van der Waals surface area contributed by atoms with Gasteiger partial charge in [0, 0.05) is 31.3 Å². The first-order chi connectivity index (χ1) is 13.2. The summed E-state index contributed by atoms with van der Waals surface area (Å²) in [6, 6.07) is 1.74. The van der Waals surface area contributed by atoms with E-state index in [1.54, 1.807) is 16.5 Å². The maximum atomic E-state index is 12.5. The van der Waals surface area contributed by atoms with Gasteiger partial charge < -0.3 is 20.3 Å². The topological polar surface area (TPSA) is 96.5 Å². The van der Waals surface area contributed by atoms with E-state index in [2.05, 4.69) is 20.6 Å². The van der Waals surface area contributed by atoms with E-state index in [9.17, 15) is 9.59 Å². The highest BCUT2D eigenvalue weighted by atomic mass is 32.1. The van der Waals surface area contributed by atoms with Crippen LogP contribution in [0.3, 0.4) is 0 Å². The molecule has 2 aromatic heterocycles. The molecule has 1 saturated heterocycles. The Morgan fingerprint density at radius 2 is 2.22 bits per heavy atom. The summed E-state index contributed by atoms with van der Waals surface area (Å²) >= 11 is 1.49. The number of amides is 2. The van der Waals surface area contributed by atoms with Gasteiger partial charge in [0.1, 0.15) is 5.82 Å². The number of nitrogens with one attached hydrogen (secondary N) is 2. The van der Waals surface area contributed by atoms with Gasteiger partial charge in [-0.1, -0.05) is 0 Å². The summed E-state index contributed by atoms with van der Waals surface area (Å²) in [5, 5.41) is 7.77. The number of hydrogen-bond donors (Lipinski definition) is 2. The fraction of sp³-hybridized carbons (Fsp3) is 0.444. The largest absolute Gasteiger partial charge is 0.381 e. The minimum absolute atomic E-state index is 0.00387. The number of pyridine rings is 1. The van der Waals surface area contributed by atoms with Crippen molar-refractivity contribution in [2.24, 2.45) is 5.92 Å². The smallest absolute Gasteiger partial charge is 0.253 e. The monoisotopic (exact) mass is 387 g/mol. The van der Waals surface area contributed by atoms with Gasteiger partial charge in [-0.05, 0) is 24.8 Å².